The van der Waals surface area contributed by atoms with Crippen LogP contribution in [0, 0.1) is 26.2 Å². The van der Waals surface area contributed by atoms with Crippen LogP contribution in [0.2, 0.25) is 0 Å². The number of nitrogens with one attached hydrogen (secondary N) is 1. The van der Waals surface area contributed by atoms with Crippen LogP contribution in [0.15, 0.2) is 0 Å². The Balaban J connectivity index is 2.72. The van der Waals surface area contributed by atoms with Crippen molar-refractivity contribution >= 4 is 28.5 Å². The molecule has 0 fully saturated rings. The van der Waals surface area contributed by atoms with E-state index in [0.717, 1.165) is 15.5 Å². The van der Waals surface area contributed by atoms with Crippen LogP contribution < -0.4 is 5.32 Å². The van der Waals surface area contributed by atoms with Crippen molar-refractivity contribution in [3.05, 3.63) is 10.6 Å². The number of thiazole rings is 1. The Hall–Kier alpha value is -2.07. The van der Waals surface area contributed by atoms with Crippen LogP contribution in [-0.2, 0) is 4.79 Å². The van der Waals surface area contributed by atoms with Crippen molar-refractivity contribution in [3.63, 3.8) is 0 Å². The van der Waals surface area contributed by atoms with Gasteiger partial charge in [-0.3, -0.25) is 10.1 Å². The molecule has 1 rings (SSSR count). The molecule has 6 nitrogen and oxygen atoms in total. The molecule has 0 spiro atoms. The van der Waals surface area contributed by atoms with E-state index in [1.54, 1.807) is 0 Å². The van der Waals surface area contributed by atoms with Crippen LogP contribution in [0.5, 0.6) is 0 Å². The van der Waals surface area contributed by atoms with Gasteiger partial charge >= 0.3 is 12.0 Å². The Morgan fingerprint density at radius 1 is 1.56 bits per heavy atom. The summed E-state index contributed by atoms with van der Waals surface area (Å²) in [6.07, 6.45) is 5.09. The van der Waals surface area contributed by atoms with Crippen LogP contribution in [0.25, 0.3) is 0 Å². The molecule has 1 aromatic rings. The second-order valence-corrected chi connectivity index (χ2v) is 4.75. The second kappa shape index (κ2) is 6.02. The van der Waals surface area contributed by atoms with E-state index in [1.165, 1.54) is 11.3 Å². The zero-order valence-electron chi connectivity index (χ0n) is 10.1. The van der Waals surface area contributed by atoms with E-state index < -0.39 is 18.5 Å². The molecule has 0 saturated carbocycles. The van der Waals surface area contributed by atoms with Crippen molar-refractivity contribution in [2.45, 2.75) is 13.8 Å². The Bertz CT molecular complexity index is 485. The summed E-state index contributed by atoms with van der Waals surface area (Å²) in [7, 11) is 0. The fourth-order valence-corrected chi connectivity index (χ4v) is 1.97. The minimum atomic E-state index is -1.12. The van der Waals surface area contributed by atoms with E-state index in [0.29, 0.717) is 5.13 Å². The van der Waals surface area contributed by atoms with Gasteiger partial charge in [0.05, 0.1) is 12.2 Å². The molecule has 18 heavy (non-hydrogen) atoms. The molecule has 0 aliphatic heterocycles. The number of aryl methyl sites for hydroxylation is 2. The second-order valence-electron chi connectivity index (χ2n) is 3.54. The summed E-state index contributed by atoms with van der Waals surface area (Å²) < 4.78 is 0. The highest BCUT2D eigenvalue weighted by molar-refractivity contribution is 7.15. The highest BCUT2D eigenvalue weighted by atomic mass is 32.1. The van der Waals surface area contributed by atoms with Gasteiger partial charge in [0, 0.05) is 4.88 Å². The molecule has 0 aliphatic rings. The molecule has 0 bridgehead atoms. The number of hydrogen-bond acceptors (Lipinski definition) is 4. The van der Waals surface area contributed by atoms with Crippen LogP contribution >= 0.6 is 11.3 Å². The summed E-state index contributed by atoms with van der Waals surface area (Å²) in [5.74, 6) is 1.12. The lowest BCUT2D eigenvalue weighted by atomic mass is 10.4. The largest absolute Gasteiger partial charge is 0.480 e. The fourth-order valence-electron chi connectivity index (χ4n) is 1.17. The van der Waals surface area contributed by atoms with Gasteiger partial charge in [0.15, 0.2) is 5.13 Å². The first kappa shape index (κ1) is 14.0. The van der Waals surface area contributed by atoms with Crippen LogP contribution in [0.4, 0.5) is 9.93 Å². The van der Waals surface area contributed by atoms with Crippen molar-refractivity contribution in [3.8, 4) is 12.3 Å². The average Bonchev–Trinajstić information content (AvgIpc) is 2.56. The summed E-state index contributed by atoms with van der Waals surface area (Å²) >= 11 is 1.33. The molecule has 7 heteroatoms. The summed E-state index contributed by atoms with van der Waals surface area (Å²) in [6.45, 7) is 3.21. The maximum atomic E-state index is 11.8. The molecule has 2 N–H and O–H groups in total. The number of carboxylic acid groups (broad SMARTS) is 1. The lowest BCUT2D eigenvalue weighted by molar-refractivity contribution is -0.137. The maximum absolute atomic E-state index is 11.8. The number of terminal acetylenes is 1. The molecule has 0 atom stereocenters. The first-order chi connectivity index (χ1) is 8.43. The van der Waals surface area contributed by atoms with Gasteiger partial charge in [-0.2, -0.15) is 0 Å². The maximum Gasteiger partial charge on any atom is 0.324 e. The molecule has 0 aliphatic carbocycles. The minimum Gasteiger partial charge on any atom is -0.480 e. The summed E-state index contributed by atoms with van der Waals surface area (Å²) in [5.41, 5.74) is 0.831. The highest BCUT2D eigenvalue weighted by Crippen LogP contribution is 2.21. The number of carbonyl (C=O) groups is 2. The van der Waals surface area contributed by atoms with Crippen molar-refractivity contribution in [1.29, 1.82) is 0 Å². The number of carbonyl (C=O) groups excluding carboxylic acids is 1. The van der Waals surface area contributed by atoms with E-state index in [2.05, 4.69) is 16.2 Å². The molecule has 1 aromatic heterocycles. The summed E-state index contributed by atoms with van der Waals surface area (Å²) in [4.78, 5) is 28.5. The van der Waals surface area contributed by atoms with Gasteiger partial charge in [-0.1, -0.05) is 5.92 Å². The van der Waals surface area contributed by atoms with E-state index in [9.17, 15) is 9.59 Å². The third-order valence-electron chi connectivity index (χ3n) is 2.14. The number of amides is 2. The quantitative estimate of drug-likeness (QED) is 0.806. The number of anilines is 1. The van der Waals surface area contributed by atoms with Crippen molar-refractivity contribution in [1.82, 2.24) is 9.88 Å². The van der Waals surface area contributed by atoms with Crippen molar-refractivity contribution in [2.24, 2.45) is 0 Å². The number of urea groups is 1. The van der Waals surface area contributed by atoms with Crippen LogP contribution in [0.3, 0.4) is 0 Å². The summed E-state index contributed by atoms with van der Waals surface area (Å²) in [6, 6.07) is -0.566. The monoisotopic (exact) mass is 267 g/mol. The van der Waals surface area contributed by atoms with Crippen LogP contribution in [0.1, 0.15) is 10.6 Å². The Labute approximate surface area is 109 Å². The Morgan fingerprint density at radius 2 is 2.22 bits per heavy atom. The number of aromatic nitrogens is 1. The van der Waals surface area contributed by atoms with Gasteiger partial charge in [0.25, 0.3) is 0 Å². The third-order valence-corrected chi connectivity index (χ3v) is 3.13. The number of carboxylic acids is 1. The lowest BCUT2D eigenvalue weighted by Gasteiger charge is -2.17. The molecule has 96 valence electrons. The SMILES string of the molecule is C#CCN(CC(=O)O)C(=O)Nc1nc(C)c(C)s1. The van der Waals surface area contributed by atoms with E-state index in [-0.39, 0.29) is 6.54 Å². The first-order valence-electron chi connectivity index (χ1n) is 5.09. The molecular formula is C11H13N3O3S. The zero-order valence-corrected chi connectivity index (χ0v) is 10.9. The first-order valence-corrected chi connectivity index (χ1v) is 5.91. The third kappa shape index (κ3) is 3.75. The summed E-state index contributed by atoms with van der Waals surface area (Å²) in [5, 5.41) is 11.6. The molecule has 0 unspecified atom stereocenters. The normalized spacial score (nSPS) is 9.61. The standard InChI is InChI=1S/C11H13N3O3S/c1-4-5-14(6-9(15)16)11(17)13-10-12-7(2)8(3)18-10/h1H,5-6H2,2-3H3,(H,15,16)(H,12,13,17). The minimum absolute atomic E-state index is 0.0680. The van der Waals surface area contributed by atoms with Crippen LogP contribution in [-0.4, -0.2) is 40.1 Å². The number of aliphatic carboxylic acids is 1. The Morgan fingerprint density at radius 3 is 2.67 bits per heavy atom. The van der Waals surface area contributed by atoms with E-state index in [4.69, 9.17) is 11.5 Å². The molecule has 2 amide bonds. The number of nitrogens with zero attached hydrogens (tertiary/aromatic N) is 2. The molecule has 0 saturated heterocycles. The van der Waals surface area contributed by atoms with Crippen molar-refractivity contribution < 1.29 is 14.7 Å². The molecule has 0 aromatic carbocycles. The topological polar surface area (TPSA) is 82.5 Å². The van der Waals surface area contributed by atoms with Gasteiger partial charge in [0.2, 0.25) is 0 Å². The van der Waals surface area contributed by atoms with Gasteiger partial charge < -0.3 is 10.0 Å². The predicted octanol–water partition coefficient (Wildman–Crippen LogP) is 1.31. The van der Waals surface area contributed by atoms with Crippen molar-refractivity contribution in [2.75, 3.05) is 18.4 Å². The molecular weight excluding hydrogens is 254 g/mol. The number of hydrogen-bond donors (Lipinski definition) is 2. The van der Waals surface area contributed by atoms with Gasteiger partial charge in [-0.15, -0.1) is 17.8 Å². The van der Waals surface area contributed by atoms with Gasteiger partial charge in [-0.05, 0) is 13.8 Å². The smallest absolute Gasteiger partial charge is 0.324 e. The van der Waals surface area contributed by atoms with Gasteiger partial charge in [0.1, 0.15) is 6.54 Å². The fraction of sp³-hybridized carbons (Fsp3) is 0.364. The molecule has 0 radical (unpaired) electrons. The highest BCUT2D eigenvalue weighted by Gasteiger charge is 2.17. The average molecular weight is 267 g/mol. The molecule has 1 heterocycles. The number of rotatable bonds is 4. The van der Waals surface area contributed by atoms with E-state index >= 15 is 0 Å². The van der Waals surface area contributed by atoms with E-state index in [1.807, 2.05) is 13.8 Å². The Kier molecular flexibility index (Phi) is 4.68. The zero-order chi connectivity index (χ0) is 13.7. The van der Waals surface area contributed by atoms with Gasteiger partial charge in [-0.25, -0.2) is 9.78 Å². The lowest BCUT2D eigenvalue weighted by Crippen LogP contribution is -2.39. The predicted molar refractivity (Wildman–Crippen MR) is 68.6 cm³/mol.